The normalized spacial score (nSPS) is 13.8. The lowest BCUT2D eigenvalue weighted by Gasteiger charge is -2.19. The molecule has 0 saturated heterocycles. The van der Waals surface area contributed by atoms with Gasteiger partial charge >= 0.3 is 0 Å². The Balaban J connectivity index is 1.75. The molecule has 2 atom stereocenters. The van der Waals surface area contributed by atoms with Crippen LogP contribution in [-0.2, 0) is 16.4 Å². The third kappa shape index (κ3) is 7.31. The molecular formula is C20H27ClN2O4S. The molecule has 0 heterocycles. The molecular weight excluding hydrogens is 400 g/mol. The van der Waals surface area contributed by atoms with Gasteiger partial charge in [-0.2, -0.15) is 0 Å². The maximum absolute atomic E-state index is 11.5. The number of anilines is 1. The Labute approximate surface area is 172 Å². The highest BCUT2D eigenvalue weighted by atomic mass is 35.5. The highest BCUT2D eigenvalue weighted by molar-refractivity contribution is 7.92. The van der Waals surface area contributed by atoms with Crippen LogP contribution in [0.4, 0.5) is 5.69 Å². The minimum absolute atomic E-state index is 0.137. The maximum atomic E-state index is 11.5. The van der Waals surface area contributed by atoms with Crippen molar-refractivity contribution >= 4 is 27.3 Å². The van der Waals surface area contributed by atoms with Crippen molar-refractivity contribution < 1.29 is 18.3 Å². The van der Waals surface area contributed by atoms with Crippen LogP contribution in [0.15, 0.2) is 48.5 Å². The number of aliphatic hydroxyl groups is 1. The van der Waals surface area contributed by atoms with Gasteiger partial charge in [0.2, 0.25) is 10.0 Å². The van der Waals surface area contributed by atoms with Crippen molar-refractivity contribution in [3.8, 4) is 5.75 Å². The first-order chi connectivity index (χ1) is 13.1. The van der Waals surface area contributed by atoms with Gasteiger partial charge in [-0.1, -0.05) is 23.7 Å². The molecule has 0 aliphatic carbocycles. The van der Waals surface area contributed by atoms with Crippen molar-refractivity contribution in [2.45, 2.75) is 25.5 Å². The number of hydrogen-bond acceptors (Lipinski definition) is 5. The van der Waals surface area contributed by atoms with Crippen molar-refractivity contribution in [2.75, 3.05) is 30.8 Å². The second kappa shape index (κ2) is 10.1. The summed E-state index contributed by atoms with van der Waals surface area (Å²) in [5.41, 5.74) is 1.68. The molecule has 0 aliphatic rings. The van der Waals surface area contributed by atoms with Crippen LogP contribution in [0.2, 0.25) is 5.02 Å². The van der Waals surface area contributed by atoms with Gasteiger partial charge in [-0.05, 0) is 55.3 Å². The summed E-state index contributed by atoms with van der Waals surface area (Å²) >= 11 is 6.00. The van der Waals surface area contributed by atoms with E-state index in [-0.39, 0.29) is 12.6 Å². The molecule has 2 N–H and O–H groups in total. The quantitative estimate of drug-likeness (QED) is 0.610. The highest BCUT2D eigenvalue weighted by Crippen LogP contribution is 2.20. The Morgan fingerprint density at radius 1 is 1.21 bits per heavy atom. The van der Waals surface area contributed by atoms with E-state index in [1.807, 2.05) is 31.2 Å². The van der Waals surface area contributed by atoms with E-state index >= 15 is 0 Å². The van der Waals surface area contributed by atoms with Crippen molar-refractivity contribution in [3.63, 3.8) is 0 Å². The molecule has 0 bridgehead atoms. The van der Waals surface area contributed by atoms with Gasteiger partial charge in [-0.25, -0.2) is 8.42 Å². The zero-order valence-electron chi connectivity index (χ0n) is 16.3. The van der Waals surface area contributed by atoms with Crippen LogP contribution in [0.5, 0.6) is 5.75 Å². The number of halogens is 1. The Morgan fingerprint density at radius 3 is 2.50 bits per heavy atom. The predicted molar refractivity (Wildman–Crippen MR) is 114 cm³/mol. The lowest BCUT2D eigenvalue weighted by Crippen LogP contribution is -2.37. The predicted octanol–water partition coefficient (Wildman–Crippen LogP) is 2.70. The molecule has 28 heavy (non-hydrogen) atoms. The molecule has 0 aliphatic heterocycles. The van der Waals surface area contributed by atoms with E-state index in [0.29, 0.717) is 23.0 Å². The standard InChI is InChI=1S/C20H27ClN2O4S/c1-15(11-16-5-4-6-17(21)12-16)22-13-19(24)14-27-20-9-7-18(8-10-20)23(2)28(3,25)26/h4-10,12,15,19,22,24H,11,13-14H2,1-3H3. The lowest BCUT2D eigenvalue weighted by atomic mass is 10.1. The second-order valence-corrected chi connectivity index (χ2v) is 9.28. The number of aliphatic hydroxyl groups excluding tert-OH is 1. The minimum atomic E-state index is -3.30. The summed E-state index contributed by atoms with van der Waals surface area (Å²) in [7, 11) is -1.81. The fourth-order valence-electron chi connectivity index (χ4n) is 2.62. The number of rotatable bonds is 10. The number of nitrogens with one attached hydrogen (secondary N) is 1. The van der Waals surface area contributed by atoms with E-state index in [0.717, 1.165) is 18.2 Å². The molecule has 2 aromatic rings. The van der Waals surface area contributed by atoms with E-state index in [9.17, 15) is 13.5 Å². The molecule has 0 radical (unpaired) electrons. The number of hydrogen-bond donors (Lipinski definition) is 2. The van der Waals surface area contributed by atoms with Crippen LogP contribution in [0.25, 0.3) is 0 Å². The Bertz CT molecular complexity index is 859. The van der Waals surface area contributed by atoms with Gasteiger partial charge in [-0.3, -0.25) is 4.31 Å². The molecule has 0 saturated carbocycles. The van der Waals surface area contributed by atoms with Gasteiger partial charge in [0.1, 0.15) is 18.5 Å². The Morgan fingerprint density at radius 2 is 1.89 bits per heavy atom. The molecule has 2 rings (SSSR count). The van der Waals surface area contributed by atoms with Gasteiger partial charge in [0.25, 0.3) is 0 Å². The van der Waals surface area contributed by atoms with Crippen LogP contribution in [-0.4, -0.2) is 52.1 Å². The minimum Gasteiger partial charge on any atom is -0.491 e. The molecule has 0 spiro atoms. The average molecular weight is 427 g/mol. The Hall–Kier alpha value is -1.80. The maximum Gasteiger partial charge on any atom is 0.231 e. The first-order valence-electron chi connectivity index (χ1n) is 8.98. The summed E-state index contributed by atoms with van der Waals surface area (Å²) < 4.78 is 29.8. The van der Waals surface area contributed by atoms with Crippen LogP contribution >= 0.6 is 11.6 Å². The van der Waals surface area contributed by atoms with E-state index in [2.05, 4.69) is 5.32 Å². The first-order valence-corrected chi connectivity index (χ1v) is 11.2. The molecule has 0 aromatic heterocycles. The molecule has 0 fully saturated rings. The fourth-order valence-corrected chi connectivity index (χ4v) is 3.34. The molecule has 2 unspecified atom stereocenters. The van der Waals surface area contributed by atoms with Gasteiger partial charge in [0.15, 0.2) is 0 Å². The summed E-state index contributed by atoms with van der Waals surface area (Å²) in [6.45, 7) is 2.58. The van der Waals surface area contributed by atoms with Crippen LogP contribution < -0.4 is 14.4 Å². The number of benzene rings is 2. The van der Waals surface area contributed by atoms with Crippen molar-refractivity contribution in [1.29, 1.82) is 0 Å². The first kappa shape index (κ1) is 22.5. The monoisotopic (exact) mass is 426 g/mol. The average Bonchev–Trinajstić information content (AvgIpc) is 2.64. The summed E-state index contributed by atoms with van der Waals surface area (Å²) in [6, 6.07) is 14.6. The summed E-state index contributed by atoms with van der Waals surface area (Å²) in [4.78, 5) is 0. The molecule has 8 heteroatoms. The number of nitrogens with zero attached hydrogens (tertiary/aromatic N) is 1. The SMILES string of the molecule is CC(Cc1cccc(Cl)c1)NCC(O)COc1ccc(N(C)S(C)(=O)=O)cc1. The van der Waals surface area contributed by atoms with E-state index in [1.165, 1.54) is 11.4 Å². The summed E-state index contributed by atoms with van der Waals surface area (Å²) in [5, 5.41) is 14.1. The van der Waals surface area contributed by atoms with Gasteiger partial charge < -0.3 is 15.2 Å². The zero-order valence-corrected chi connectivity index (χ0v) is 17.9. The smallest absolute Gasteiger partial charge is 0.231 e. The van der Waals surface area contributed by atoms with Gasteiger partial charge in [0.05, 0.1) is 11.9 Å². The van der Waals surface area contributed by atoms with Gasteiger partial charge in [0, 0.05) is 24.7 Å². The molecule has 6 nitrogen and oxygen atoms in total. The third-order valence-electron chi connectivity index (χ3n) is 4.27. The molecule has 2 aromatic carbocycles. The number of ether oxygens (including phenoxy) is 1. The highest BCUT2D eigenvalue weighted by Gasteiger charge is 2.12. The third-order valence-corrected chi connectivity index (χ3v) is 5.71. The van der Waals surface area contributed by atoms with Crippen LogP contribution in [0.1, 0.15) is 12.5 Å². The fraction of sp³-hybridized carbons (Fsp3) is 0.400. The topological polar surface area (TPSA) is 78.9 Å². The van der Waals surface area contributed by atoms with Crippen LogP contribution in [0, 0.1) is 0 Å². The van der Waals surface area contributed by atoms with Crippen molar-refractivity contribution in [3.05, 3.63) is 59.1 Å². The van der Waals surface area contributed by atoms with E-state index in [1.54, 1.807) is 24.3 Å². The largest absolute Gasteiger partial charge is 0.491 e. The Kier molecular flexibility index (Phi) is 8.12. The molecule has 154 valence electrons. The summed E-state index contributed by atoms with van der Waals surface area (Å²) in [5.74, 6) is 0.566. The summed E-state index contributed by atoms with van der Waals surface area (Å²) in [6.07, 6.45) is 1.29. The lowest BCUT2D eigenvalue weighted by molar-refractivity contribution is 0.104. The van der Waals surface area contributed by atoms with Crippen molar-refractivity contribution in [2.24, 2.45) is 0 Å². The van der Waals surface area contributed by atoms with Crippen molar-refractivity contribution in [1.82, 2.24) is 5.32 Å². The second-order valence-electron chi connectivity index (χ2n) is 6.83. The number of sulfonamides is 1. The van der Waals surface area contributed by atoms with Crippen LogP contribution in [0.3, 0.4) is 0 Å². The van der Waals surface area contributed by atoms with Gasteiger partial charge in [-0.15, -0.1) is 0 Å². The zero-order chi connectivity index (χ0) is 20.7. The molecule has 0 amide bonds. The van der Waals surface area contributed by atoms with E-state index in [4.69, 9.17) is 16.3 Å². The van der Waals surface area contributed by atoms with E-state index < -0.39 is 16.1 Å².